The van der Waals surface area contributed by atoms with E-state index >= 15 is 0 Å². The first kappa shape index (κ1) is 32.3. The average Bonchev–Trinajstić information content (AvgIpc) is 3.03. The highest BCUT2D eigenvalue weighted by atomic mass is 32.2. The summed E-state index contributed by atoms with van der Waals surface area (Å²) in [4.78, 5) is 29.5. The maximum Gasteiger partial charge on any atom is 0.264 e. The highest BCUT2D eigenvalue weighted by Crippen LogP contribution is 2.27. The lowest BCUT2D eigenvalue weighted by atomic mass is 10.0. The fraction of sp³-hybridized carbons (Fsp3) is 0.257. The van der Waals surface area contributed by atoms with Crippen LogP contribution in [0.1, 0.15) is 29.2 Å². The Morgan fingerprint density at radius 2 is 1.39 bits per heavy atom. The van der Waals surface area contributed by atoms with E-state index in [1.165, 1.54) is 24.1 Å². The topological polar surface area (TPSA) is 96.0 Å². The second-order valence-electron chi connectivity index (χ2n) is 10.6. The number of ether oxygens (including phenoxy) is 1. The number of hydrogen-bond donors (Lipinski definition) is 1. The van der Waals surface area contributed by atoms with Gasteiger partial charge in [0, 0.05) is 19.5 Å². The van der Waals surface area contributed by atoms with Gasteiger partial charge in [-0.3, -0.25) is 13.9 Å². The second-order valence-corrected chi connectivity index (χ2v) is 12.5. The summed E-state index contributed by atoms with van der Waals surface area (Å²) < 4.78 is 34.6. The predicted octanol–water partition coefficient (Wildman–Crippen LogP) is 5.28. The zero-order valence-electron chi connectivity index (χ0n) is 25.6. The molecule has 0 unspecified atom stereocenters. The van der Waals surface area contributed by atoms with Crippen LogP contribution in [0.25, 0.3) is 0 Å². The Kier molecular flexibility index (Phi) is 10.8. The minimum absolute atomic E-state index is 0.0568. The van der Waals surface area contributed by atoms with Crippen LogP contribution in [0.2, 0.25) is 0 Å². The van der Waals surface area contributed by atoms with Gasteiger partial charge in [-0.1, -0.05) is 77.9 Å². The molecule has 0 spiro atoms. The number of nitrogens with zero attached hydrogens (tertiary/aromatic N) is 2. The summed E-state index contributed by atoms with van der Waals surface area (Å²) in [5.41, 5.74) is 3.97. The molecule has 9 heteroatoms. The SMILES string of the molecule is CCNC(=O)[C@H](Cc1ccccc1)N(Cc1ccc(C)cc1)C(=O)CN(c1ccc(OC)cc1)S(=O)(=O)c1ccc(C)cc1. The first-order valence-electron chi connectivity index (χ1n) is 14.5. The normalized spacial score (nSPS) is 11.8. The van der Waals surface area contributed by atoms with Gasteiger partial charge in [-0.15, -0.1) is 0 Å². The molecule has 0 heterocycles. The highest BCUT2D eigenvalue weighted by Gasteiger charge is 2.34. The van der Waals surface area contributed by atoms with E-state index in [1.54, 1.807) is 36.4 Å². The molecule has 0 fully saturated rings. The summed E-state index contributed by atoms with van der Waals surface area (Å²) in [6, 6.07) is 29.3. The fourth-order valence-electron chi connectivity index (χ4n) is 4.85. The molecule has 0 saturated heterocycles. The van der Waals surface area contributed by atoms with E-state index in [0.29, 0.717) is 18.0 Å². The molecule has 4 aromatic rings. The summed E-state index contributed by atoms with van der Waals surface area (Å²) in [5.74, 6) is -0.272. The van der Waals surface area contributed by atoms with Crippen molar-refractivity contribution < 1.29 is 22.7 Å². The van der Waals surface area contributed by atoms with Crippen molar-refractivity contribution in [3.05, 3.63) is 125 Å². The molecule has 2 amide bonds. The summed E-state index contributed by atoms with van der Waals surface area (Å²) in [6.07, 6.45) is 0.261. The molecule has 0 aliphatic carbocycles. The maximum atomic E-state index is 14.4. The summed E-state index contributed by atoms with van der Waals surface area (Å²) >= 11 is 0. The van der Waals surface area contributed by atoms with Crippen LogP contribution in [0.4, 0.5) is 5.69 Å². The number of sulfonamides is 1. The number of rotatable bonds is 13. The number of methoxy groups -OCH3 is 1. The predicted molar refractivity (Wildman–Crippen MR) is 173 cm³/mol. The molecule has 0 aromatic heterocycles. The third-order valence-corrected chi connectivity index (χ3v) is 9.13. The lowest BCUT2D eigenvalue weighted by Crippen LogP contribution is -2.53. The number of nitrogens with one attached hydrogen (secondary N) is 1. The van der Waals surface area contributed by atoms with Crippen LogP contribution < -0.4 is 14.4 Å². The number of carbonyl (C=O) groups is 2. The van der Waals surface area contributed by atoms with Crippen molar-refractivity contribution in [3.63, 3.8) is 0 Å². The molecule has 0 radical (unpaired) electrons. The lowest BCUT2D eigenvalue weighted by Gasteiger charge is -2.34. The Bertz CT molecular complexity index is 1640. The second kappa shape index (κ2) is 14.7. The van der Waals surface area contributed by atoms with Crippen LogP contribution in [-0.4, -0.2) is 51.4 Å². The lowest BCUT2D eigenvalue weighted by molar-refractivity contribution is -0.140. The summed E-state index contributed by atoms with van der Waals surface area (Å²) in [7, 11) is -2.64. The molecule has 0 saturated carbocycles. The van der Waals surface area contributed by atoms with Gasteiger partial charge in [-0.05, 0) is 68.3 Å². The maximum absolute atomic E-state index is 14.4. The van der Waals surface area contributed by atoms with Gasteiger partial charge < -0.3 is 15.0 Å². The Labute approximate surface area is 260 Å². The van der Waals surface area contributed by atoms with Crippen molar-refractivity contribution in [3.8, 4) is 5.75 Å². The van der Waals surface area contributed by atoms with Gasteiger partial charge in [0.15, 0.2) is 0 Å². The van der Waals surface area contributed by atoms with Gasteiger partial charge in [0.1, 0.15) is 18.3 Å². The molecule has 4 aromatic carbocycles. The molecule has 1 N–H and O–H groups in total. The number of hydrogen-bond acceptors (Lipinski definition) is 5. The van der Waals surface area contributed by atoms with E-state index in [0.717, 1.165) is 26.6 Å². The van der Waals surface area contributed by atoms with Crippen LogP contribution in [0, 0.1) is 13.8 Å². The molecular weight excluding hydrogens is 574 g/mol. The molecule has 4 rings (SSSR count). The van der Waals surface area contributed by atoms with E-state index in [1.807, 2.05) is 75.4 Å². The van der Waals surface area contributed by atoms with Crippen molar-refractivity contribution in [1.82, 2.24) is 10.2 Å². The Hall–Kier alpha value is -4.63. The Balaban J connectivity index is 1.79. The Morgan fingerprint density at radius 1 is 0.795 bits per heavy atom. The highest BCUT2D eigenvalue weighted by molar-refractivity contribution is 7.92. The number of amides is 2. The van der Waals surface area contributed by atoms with E-state index in [9.17, 15) is 18.0 Å². The van der Waals surface area contributed by atoms with Crippen LogP contribution in [-0.2, 0) is 32.6 Å². The molecule has 0 aliphatic heterocycles. The first-order valence-corrected chi connectivity index (χ1v) is 16.0. The monoisotopic (exact) mass is 613 g/mol. The van der Waals surface area contributed by atoms with Crippen LogP contribution in [0.15, 0.2) is 108 Å². The Morgan fingerprint density at radius 3 is 1.95 bits per heavy atom. The fourth-order valence-corrected chi connectivity index (χ4v) is 6.27. The van der Waals surface area contributed by atoms with E-state index in [2.05, 4.69) is 5.32 Å². The van der Waals surface area contributed by atoms with Crippen molar-refractivity contribution in [2.45, 2.75) is 44.7 Å². The molecular formula is C35H39N3O5S. The average molecular weight is 614 g/mol. The van der Waals surface area contributed by atoms with Crippen molar-refractivity contribution in [1.29, 1.82) is 0 Å². The zero-order chi connectivity index (χ0) is 31.7. The third kappa shape index (κ3) is 8.05. The first-order chi connectivity index (χ1) is 21.1. The number of carbonyl (C=O) groups excluding carboxylic acids is 2. The molecule has 230 valence electrons. The largest absolute Gasteiger partial charge is 0.497 e. The van der Waals surface area contributed by atoms with E-state index < -0.39 is 28.5 Å². The number of likely N-dealkylation sites (N-methyl/N-ethyl adjacent to an activating group) is 1. The van der Waals surface area contributed by atoms with Gasteiger partial charge in [0.2, 0.25) is 11.8 Å². The van der Waals surface area contributed by atoms with Gasteiger partial charge in [-0.2, -0.15) is 0 Å². The quantitative estimate of drug-likeness (QED) is 0.221. The smallest absolute Gasteiger partial charge is 0.264 e. The van der Waals surface area contributed by atoms with Crippen molar-refractivity contribution >= 4 is 27.5 Å². The van der Waals surface area contributed by atoms with Gasteiger partial charge >= 0.3 is 0 Å². The van der Waals surface area contributed by atoms with Crippen molar-refractivity contribution in [2.75, 3.05) is 24.5 Å². The number of anilines is 1. The number of benzene rings is 4. The van der Waals surface area contributed by atoms with Gasteiger partial charge in [0.05, 0.1) is 17.7 Å². The zero-order valence-corrected chi connectivity index (χ0v) is 26.4. The minimum Gasteiger partial charge on any atom is -0.497 e. The van der Waals surface area contributed by atoms with Gasteiger partial charge in [-0.25, -0.2) is 8.42 Å². The standard InChI is InChI=1S/C35H39N3O5S/c1-5-36-35(40)33(23-28-9-7-6-8-10-28)37(24-29-15-11-26(2)12-16-29)34(39)25-38(30-17-19-31(43-4)20-18-30)44(41,42)32-21-13-27(3)14-22-32/h6-22,33H,5,23-25H2,1-4H3,(H,36,40)/t33-/m0/s1. The van der Waals surface area contributed by atoms with Gasteiger partial charge in [0.25, 0.3) is 10.0 Å². The molecule has 0 bridgehead atoms. The van der Waals surface area contributed by atoms with E-state index in [-0.39, 0.29) is 23.8 Å². The minimum atomic E-state index is -4.17. The molecule has 1 atom stereocenters. The van der Waals surface area contributed by atoms with Crippen LogP contribution in [0.3, 0.4) is 0 Å². The van der Waals surface area contributed by atoms with Crippen LogP contribution in [0.5, 0.6) is 5.75 Å². The van der Waals surface area contributed by atoms with Crippen molar-refractivity contribution in [2.24, 2.45) is 0 Å². The summed E-state index contributed by atoms with van der Waals surface area (Å²) in [6.45, 7) is 5.66. The van der Waals surface area contributed by atoms with Crippen LogP contribution >= 0.6 is 0 Å². The van der Waals surface area contributed by atoms with E-state index in [4.69, 9.17) is 4.74 Å². The molecule has 8 nitrogen and oxygen atoms in total. The summed E-state index contributed by atoms with van der Waals surface area (Å²) in [5, 5.41) is 2.88. The molecule has 0 aliphatic rings. The molecule has 44 heavy (non-hydrogen) atoms. The third-order valence-electron chi connectivity index (χ3n) is 7.34. The number of aryl methyl sites for hydroxylation is 2.